The Morgan fingerprint density at radius 1 is 1.13 bits per heavy atom. The molecule has 0 fully saturated rings. The van der Waals surface area contributed by atoms with Crippen LogP contribution in [0.5, 0.6) is 5.75 Å². The van der Waals surface area contributed by atoms with Crippen LogP contribution in [0.4, 0.5) is 0 Å². The Hall–Kier alpha value is -2.33. The lowest BCUT2D eigenvalue weighted by atomic mass is 9.99. The summed E-state index contributed by atoms with van der Waals surface area (Å²) < 4.78 is 5.15. The standard InChI is InChI=1S/C19H23NO3/c1-15(17-8-10-18(23-2)11-9-17)19(22)20(12-13-21)14-16-6-4-3-5-7-16/h3-11,15,21H,12-14H2,1-2H3. The van der Waals surface area contributed by atoms with Crippen molar-refractivity contribution in [1.29, 1.82) is 0 Å². The lowest BCUT2D eigenvalue weighted by molar-refractivity contribution is -0.133. The quantitative estimate of drug-likeness (QED) is 0.855. The number of nitrogens with zero attached hydrogens (tertiary/aromatic N) is 1. The Morgan fingerprint density at radius 3 is 2.35 bits per heavy atom. The third-order valence-electron chi connectivity index (χ3n) is 3.88. The van der Waals surface area contributed by atoms with Gasteiger partial charge in [0.2, 0.25) is 5.91 Å². The van der Waals surface area contributed by atoms with Crippen molar-refractivity contribution < 1.29 is 14.6 Å². The Morgan fingerprint density at radius 2 is 1.78 bits per heavy atom. The van der Waals surface area contributed by atoms with E-state index in [1.54, 1.807) is 12.0 Å². The third-order valence-corrected chi connectivity index (χ3v) is 3.88. The lowest BCUT2D eigenvalue weighted by Crippen LogP contribution is -2.36. The van der Waals surface area contributed by atoms with Crippen molar-refractivity contribution in [2.45, 2.75) is 19.4 Å². The smallest absolute Gasteiger partial charge is 0.230 e. The fourth-order valence-corrected chi connectivity index (χ4v) is 2.50. The van der Waals surface area contributed by atoms with Crippen LogP contribution in [0, 0.1) is 0 Å². The van der Waals surface area contributed by atoms with Crippen molar-refractivity contribution in [3.05, 3.63) is 65.7 Å². The fourth-order valence-electron chi connectivity index (χ4n) is 2.50. The number of carbonyl (C=O) groups is 1. The van der Waals surface area contributed by atoms with Crippen molar-refractivity contribution in [3.63, 3.8) is 0 Å². The molecule has 0 aliphatic carbocycles. The number of hydrogen-bond acceptors (Lipinski definition) is 3. The van der Waals surface area contributed by atoms with Crippen LogP contribution in [0.2, 0.25) is 0 Å². The summed E-state index contributed by atoms with van der Waals surface area (Å²) in [6, 6.07) is 17.3. The van der Waals surface area contributed by atoms with E-state index in [0.717, 1.165) is 16.9 Å². The van der Waals surface area contributed by atoms with Gasteiger partial charge in [0.05, 0.1) is 19.6 Å². The van der Waals surface area contributed by atoms with Gasteiger partial charge in [-0.2, -0.15) is 0 Å². The first-order valence-corrected chi connectivity index (χ1v) is 7.73. The molecule has 0 aromatic heterocycles. The van der Waals surface area contributed by atoms with Crippen LogP contribution in [-0.2, 0) is 11.3 Å². The largest absolute Gasteiger partial charge is 0.497 e. The number of ether oxygens (including phenoxy) is 1. The number of methoxy groups -OCH3 is 1. The zero-order valence-electron chi connectivity index (χ0n) is 13.6. The van der Waals surface area contributed by atoms with Crippen LogP contribution in [-0.4, -0.2) is 36.2 Å². The fraction of sp³-hybridized carbons (Fsp3) is 0.316. The SMILES string of the molecule is COc1ccc(C(C)C(=O)N(CCO)Cc2ccccc2)cc1. The van der Waals surface area contributed by atoms with Crippen molar-refractivity contribution >= 4 is 5.91 Å². The average Bonchev–Trinajstić information content (AvgIpc) is 2.61. The van der Waals surface area contributed by atoms with Gasteiger partial charge in [-0.15, -0.1) is 0 Å². The summed E-state index contributed by atoms with van der Waals surface area (Å²) in [5.41, 5.74) is 1.99. The van der Waals surface area contributed by atoms with Crippen LogP contribution >= 0.6 is 0 Å². The second-order valence-electron chi connectivity index (χ2n) is 5.46. The van der Waals surface area contributed by atoms with E-state index in [-0.39, 0.29) is 18.4 Å². The summed E-state index contributed by atoms with van der Waals surface area (Å²) in [6.07, 6.45) is 0. The molecule has 0 spiro atoms. The van der Waals surface area contributed by atoms with Crippen molar-refractivity contribution in [2.75, 3.05) is 20.3 Å². The molecule has 2 rings (SSSR count). The first-order valence-electron chi connectivity index (χ1n) is 7.73. The molecular formula is C19H23NO3. The first-order chi connectivity index (χ1) is 11.2. The molecular weight excluding hydrogens is 290 g/mol. The maximum atomic E-state index is 12.8. The molecule has 0 aliphatic heterocycles. The van der Waals surface area contributed by atoms with Crippen LogP contribution < -0.4 is 4.74 Å². The van der Waals surface area contributed by atoms with Gasteiger partial charge < -0.3 is 14.7 Å². The predicted molar refractivity (Wildman–Crippen MR) is 90.4 cm³/mol. The summed E-state index contributed by atoms with van der Waals surface area (Å²) in [6.45, 7) is 2.67. The predicted octanol–water partition coefficient (Wildman–Crippen LogP) is 2.82. The third kappa shape index (κ3) is 4.57. The van der Waals surface area contributed by atoms with Gasteiger partial charge in [-0.25, -0.2) is 0 Å². The number of amides is 1. The van der Waals surface area contributed by atoms with Gasteiger partial charge in [-0.05, 0) is 30.2 Å². The van der Waals surface area contributed by atoms with E-state index in [4.69, 9.17) is 4.74 Å². The van der Waals surface area contributed by atoms with Gasteiger partial charge in [0.1, 0.15) is 5.75 Å². The number of rotatable bonds is 7. The first kappa shape index (κ1) is 17.0. The highest BCUT2D eigenvalue weighted by atomic mass is 16.5. The Balaban J connectivity index is 2.12. The Labute approximate surface area is 137 Å². The molecule has 2 aromatic carbocycles. The monoisotopic (exact) mass is 313 g/mol. The highest BCUT2D eigenvalue weighted by molar-refractivity contribution is 5.83. The molecule has 1 amide bonds. The number of aliphatic hydroxyl groups excluding tert-OH is 1. The van der Waals surface area contributed by atoms with Crippen molar-refractivity contribution in [1.82, 2.24) is 4.90 Å². The lowest BCUT2D eigenvalue weighted by Gasteiger charge is -2.25. The molecule has 0 radical (unpaired) electrons. The molecule has 4 nitrogen and oxygen atoms in total. The molecule has 0 bridgehead atoms. The van der Waals surface area contributed by atoms with Crippen LogP contribution in [0.25, 0.3) is 0 Å². The molecule has 122 valence electrons. The van der Waals surface area contributed by atoms with Gasteiger partial charge in [-0.1, -0.05) is 42.5 Å². The summed E-state index contributed by atoms with van der Waals surface area (Å²) in [7, 11) is 1.62. The molecule has 2 aromatic rings. The summed E-state index contributed by atoms with van der Waals surface area (Å²) in [5, 5.41) is 9.27. The van der Waals surface area contributed by atoms with Crippen molar-refractivity contribution in [3.8, 4) is 5.75 Å². The van der Waals surface area contributed by atoms with Gasteiger partial charge in [0, 0.05) is 13.1 Å². The van der Waals surface area contributed by atoms with E-state index in [1.165, 1.54) is 0 Å². The second-order valence-corrected chi connectivity index (χ2v) is 5.46. The Kier molecular flexibility index (Phi) is 6.18. The summed E-state index contributed by atoms with van der Waals surface area (Å²) in [4.78, 5) is 14.5. The molecule has 0 heterocycles. The molecule has 0 saturated carbocycles. The summed E-state index contributed by atoms with van der Waals surface area (Å²) in [5.74, 6) is 0.508. The van der Waals surface area contributed by atoms with E-state index < -0.39 is 0 Å². The molecule has 0 aliphatic rings. The van der Waals surface area contributed by atoms with E-state index in [2.05, 4.69) is 0 Å². The Bertz CT molecular complexity index is 610. The minimum Gasteiger partial charge on any atom is -0.497 e. The van der Waals surface area contributed by atoms with E-state index in [1.807, 2.05) is 61.5 Å². The second kappa shape index (κ2) is 8.34. The number of carbonyl (C=O) groups excluding carboxylic acids is 1. The van der Waals surface area contributed by atoms with Crippen LogP contribution in [0.3, 0.4) is 0 Å². The molecule has 0 saturated heterocycles. The number of benzene rings is 2. The van der Waals surface area contributed by atoms with E-state index >= 15 is 0 Å². The van der Waals surface area contributed by atoms with Gasteiger partial charge in [-0.3, -0.25) is 4.79 Å². The average molecular weight is 313 g/mol. The molecule has 4 heteroatoms. The number of hydrogen-bond donors (Lipinski definition) is 1. The van der Waals surface area contributed by atoms with Crippen LogP contribution in [0.1, 0.15) is 24.0 Å². The maximum absolute atomic E-state index is 12.8. The maximum Gasteiger partial charge on any atom is 0.230 e. The topological polar surface area (TPSA) is 49.8 Å². The van der Waals surface area contributed by atoms with E-state index in [0.29, 0.717) is 13.1 Å². The van der Waals surface area contributed by atoms with Crippen LogP contribution in [0.15, 0.2) is 54.6 Å². The van der Waals surface area contributed by atoms with Gasteiger partial charge in [0.15, 0.2) is 0 Å². The molecule has 1 unspecified atom stereocenters. The normalized spacial score (nSPS) is 11.8. The highest BCUT2D eigenvalue weighted by Crippen LogP contribution is 2.22. The van der Waals surface area contributed by atoms with E-state index in [9.17, 15) is 9.90 Å². The minimum absolute atomic E-state index is 0.00747. The van der Waals surface area contributed by atoms with Gasteiger partial charge in [0.25, 0.3) is 0 Å². The minimum atomic E-state index is -0.267. The zero-order chi connectivity index (χ0) is 16.7. The van der Waals surface area contributed by atoms with Crippen molar-refractivity contribution in [2.24, 2.45) is 0 Å². The van der Waals surface area contributed by atoms with Gasteiger partial charge >= 0.3 is 0 Å². The molecule has 1 N–H and O–H groups in total. The number of aliphatic hydroxyl groups is 1. The summed E-state index contributed by atoms with van der Waals surface area (Å²) >= 11 is 0. The molecule has 1 atom stereocenters. The highest BCUT2D eigenvalue weighted by Gasteiger charge is 2.21. The zero-order valence-corrected chi connectivity index (χ0v) is 13.6. The molecule has 23 heavy (non-hydrogen) atoms.